The van der Waals surface area contributed by atoms with Crippen molar-refractivity contribution in [2.75, 3.05) is 17.6 Å². The molecular formula is C11H14N4O. The average molecular weight is 218 g/mol. The van der Waals surface area contributed by atoms with Gasteiger partial charge in [-0.2, -0.15) is 4.98 Å². The topological polar surface area (TPSA) is 77.0 Å². The zero-order valence-corrected chi connectivity index (χ0v) is 9.10. The van der Waals surface area contributed by atoms with E-state index in [0.717, 1.165) is 23.5 Å². The van der Waals surface area contributed by atoms with Gasteiger partial charge in [0.05, 0.1) is 0 Å². The Morgan fingerprint density at radius 1 is 1.38 bits per heavy atom. The van der Waals surface area contributed by atoms with Crippen LogP contribution in [0, 0.1) is 6.92 Å². The van der Waals surface area contributed by atoms with E-state index in [9.17, 15) is 0 Å². The Morgan fingerprint density at radius 3 is 2.94 bits per heavy atom. The van der Waals surface area contributed by atoms with Crippen molar-refractivity contribution >= 4 is 11.4 Å². The summed E-state index contributed by atoms with van der Waals surface area (Å²) < 4.78 is 4.89. The molecule has 0 bridgehead atoms. The number of anilines is 2. The maximum atomic E-state index is 5.74. The molecule has 1 aromatic carbocycles. The van der Waals surface area contributed by atoms with Crippen molar-refractivity contribution in [1.82, 2.24) is 10.1 Å². The molecule has 0 radical (unpaired) electrons. The lowest BCUT2D eigenvalue weighted by molar-refractivity contribution is 0.380. The molecule has 1 heterocycles. The highest BCUT2D eigenvalue weighted by Crippen LogP contribution is 2.15. The normalized spacial score (nSPS) is 10.3. The molecule has 0 saturated heterocycles. The number of nitrogens with one attached hydrogen (secondary N) is 1. The van der Waals surface area contributed by atoms with Gasteiger partial charge in [0.15, 0.2) is 6.33 Å². The van der Waals surface area contributed by atoms with Gasteiger partial charge in [0.1, 0.15) is 0 Å². The van der Waals surface area contributed by atoms with Gasteiger partial charge in [-0.3, -0.25) is 0 Å². The Balaban J connectivity index is 1.89. The first-order valence-electron chi connectivity index (χ1n) is 5.10. The summed E-state index contributed by atoms with van der Waals surface area (Å²) in [6, 6.07) is 5.88. The molecule has 0 aliphatic carbocycles. The summed E-state index contributed by atoms with van der Waals surface area (Å²) in [5.41, 5.74) is 8.66. The number of rotatable bonds is 4. The molecule has 2 rings (SSSR count). The maximum absolute atomic E-state index is 5.74. The smallest absolute Gasteiger partial charge is 0.228 e. The Kier molecular flexibility index (Phi) is 3.05. The Hall–Kier alpha value is -2.04. The third-order valence-corrected chi connectivity index (χ3v) is 2.17. The minimum atomic E-state index is 0.633. The standard InChI is InChI=1S/C11H14N4O/c1-8-4-9(12)6-10(5-8)13-3-2-11-14-7-15-16-11/h4-7,13H,2-3,12H2,1H3. The van der Waals surface area contributed by atoms with Gasteiger partial charge in [0, 0.05) is 24.3 Å². The summed E-state index contributed by atoms with van der Waals surface area (Å²) in [6.45, 7) is 2.75. The minimum absolute atomic E-state index is 0.633. The van der Waals surface area contributed by atoms with E-state index < -0.39 is 0 Å². The largest absolute Gasteiger partial charge is 0.399 e. The SMILES string of the molecule is Cc1cc(N)cc(NCCc2ncno2)c1. The van der Waals surface area contributed by atoms with E-state index in [1.54, 1.807) is 0 Å². The number of benzene rings is 1. The second-order valence-electron chi connectivity index (χ2n) is 3.64. The summed E-state index contributed by atoms with van der Waals surface area (Å²) in [4.78, 5) is 3.94. The van der Waals surface area contributed by atoms with Crippen LogP contribution < -0.4 is 11.1 Å². The molecule has 0 saturated carbocycles. The van der Waals surface area contributed by atoms with Crippen LogP contribution in [0.25, 0.3) is 0 Å². The molecule has 0 aliphatic rings. The first-order valence-corrected chi connectivity index (χ1v) is 5.10. The predicted molar refractivity (Wildman–Crippen MR) is 62.1 cm³/mol. The van der Waals surface area contributed by atoms with E-state index in [0.29, 0.717) is 12.3 Å². The highest BCUT2D eigenvalue weighted by Gasteiger charge is 1.99. The number of hydrogen-bond acceptors (Lipinski definition) is 5. The van der Waals surface area contributed by atoms with E-state index in [4.69, 9.17) is 10.3 Å². The van der Waals surface area contributed by atoms with Crippen LogP contribution in [-0.2, 0) is 6.42 Å². The lowest BCUT2D eigenvalue weighted by atomic mass is 10.2. The number of nitrogen functional groups attached to an aromatic ring is 1. The Bertz CT molecular complexity index is 433. The summed E-state index contributed by atoms with van der Waals surface area (Å²) >= 11 is 0. The molecule has 5 nitrogen and oxygen atoms in total. The van der Waals surface area contributed by atoms with E-state index in [2.05, 4.69) is 15.5 Å². The third kappa shape index (κ3) is 2.73. The van der Waals surface area contributed by atoms with Crippen molar-refractivity contribution in [3.8, 4) is 0 Å². The van der Waals surface area contributed by atoms with E-state index in [-0.39, 0.29) is 0 Å². The Morgan fingerprint density at radius 2 is 2.25 bits per heavy atom. The summed E-state index contributed by atoms with van der Waals surface area (Å²) in [7, 11) is 0. The van der Waals surface area contributed by atoms with Gasteiger partial charge in [0.2, 0.25) is 5.89 Å². The van der Waals surface area contributed by atoms with Crippen molar-refractivity contribution in [3.05, 3.63) is 36.0 Å². The molecule has 2 aromatic rings. The monoisotopic (exact) mass is 218 g/mol. The van der Waals surface area contributed by atoms with Crippen molar-refractivity contribution in [1.29, 1.82) is 0 Å². The van der Waals surface area contributed by atoms with Crippen LogP contribution in [0.2, 0.25) is 0 Å². The lowest BCUT2D eigenvalue weighted by Gasteiger charge is -2.06. The molecule has 0 spiro atoms. The van der Waals surface area contributed by atoms with E-state index in [1.165, 1.54) is 6.33 Å². The number of nitrogens with two attached hydrogens (primary N) is 1. The molecule has 3 N–H and O–H groups in total. The Labute approximate surface area is 93.7 Å². The molecule has 84 valence electrons. The number of hydrogen-bond donors (Lipinski definition) is 2. The van der Waals surface area contributed by atoms with Crippen LogP contribution in [0.4, 0.5) is 11.4 Å². The van der Waals surface area contributed by atoms with Gasteiger partial charge in [-0.15, -0.1) is 0 Å². The van der Waals surface area contributed by atoms with Gasteiger partial charge in [0.25, 0.3) is 0 Å². The number of aromatic nitrogens is 2. The highest BCUT2D eigenvalue weighted by atomic mass is 16.5. The molecule has 0 unspecified atom stereocenters. The predicted octanol–water partition coefficient (Wildman–Crippen LogP) is 1.61. The number of nitrogens with zero attached hydrogens (tertiary/aromatic N) is 2. The maximum Gasteiger partial charge on any atom is 0.228 e. The summed E-state index contributed by atoms with van der Waals surface area (Å²) in [5, 5.41) is 6.80. The quantitative estimate of drug-likeness (QED) is 0.762. The van der Waals surface area contributed by atoms with Gasteiger partial charge in [-0.25, -0.2) is 0 Å². The molecule has 5 heteroatoms. The lowest BCUT2D eigenvalue weighted by Crippen LogP contribution is -2.05. The highest BCUT2D eigenvalue weighted by molar-refractivity contribution is 5.56. The minimum Gasteiger partial charge on any atom is -0.399 e. The van der Waals surface area contributed by atoms with Crippen molar-refractivity contribution in [2.45, 2.75) is 13.3 Å². The second-order valence-corrected chi connectivity index (χ2v) is 3.64. The van der Waals surface area contributed by atoms with Gasteiger partial charge in [-0.05, 0) is 30.7 Å². The van der Waals surface area contributed by atoms with Crippen LogP contribution in [0.3, 0.4) is 0 Å². The van der Waals surface area contributed by atoms with Crippen LogP contribution in [0.1, 0.15) is 11.5 Å². The van der Waals surface area contributed by atoms with Gasteiger partial charge >= 0.3 is 0 Å². The molecule has 0 atom stereocenters. The average Bonchev–Trinajstić information content (AvgIpc) is 2.69. The summed E-state index contributed by atoms with van der Waals surface area (Å²) in [5.74, 6) is 0.633. The van der Waals surface area contributed by atoms with Crippen molar-refractivity contribution in [3.63, 3.8) is 0 Å². The third-order valence-electron chi connectivity index (χ3n) is 2.17. The zero-order valence-electron chi connectivity index (χ0n) is 9.10. The molecular weight excluding hydrogens is 204 g/mol. The molecule has 0 fully saturated rings. The zero-order chi connectivity index (χ0) is 11.4. The van der Waals surface area contributed by atoms with Crippen LogP contribution >= 0.6 is 0 Å². The van der Waals surface area contributed by atoms with Crippen molar-refractivity contribution < 1.29 is 4.52 Å². The van der Waals surface area contributed by atoms with Crippen LogP contribution in [0.5, 0.6) is 0 Å². The molecule has 1 aromatic heterocycles. The van der Waals surface area contributed by atoms with Crippen molar-refractivity contribution in [2.24, 2.45) is 0 Å². The fraction of sp³-hybridized carbons (Fsp3) is 0.273. The number of aryl methyl sites for hydroxylation is 1. The first kappa shape index (κ1) is 10.5. The van der Waals surface area contributed by atoms with Crippen LogP contribution in [-0.4, -0.2) is 16.7 Å². The van der Waals surface area contributed by atoms with Gasteiger partial charge in [-0.1, -0.05) is 5.16 Å². The molecule has 0 aliphatic heterocycles. The molecule has 16 heavy (non-hydrogen) atoms. The van der Waals surface area contributed by atoms with E-state index >= 15 is 0 Å². The van der Waals surface area contributed by atoms with E-state index in [1.807, 2.05) is 25.1 Å². The fourth-order valence-electron chi connectivity index (χ4n) is 1.53. The van der Waals surface area contributed by atoms with Gasteiger partial charge < -0.3 is 15.6 Å². The first-order chi connectivity index (χ1) is 7.74. The molecule has 0 amide bonds. The second kappa shape index (κ2) is 4.65. The summed E-state index contributed by atoms with van der Waals surface area (Å²) in [6.07, 6.45) is 2.10. The fourth-order valence-corrected chi connectivity index (χ4v) is 1.53. The van der Waals surface area contributed by atoms with Crippen LogP contribution in [0.15, 0.2) is 29.0 Å².